The van der Waals surface area contributed by atoms with E-state index in [1.807, 2.05) is 31.2 Å². The Morgan fingerprint density at radius 1 is 1.06 bits per heavy atom. The molecule has 11 heteroatoms. The normalized spacial score (nSPS) is 14.7. The maximum atomic E-state index is 12.7. The Bertz CT molecular complexity index is 1210. The Kier molecular flexibility index (Phi) is 7.63. The van der Waals surface area contributed by atoms with Gasteiger partial charge in [0, 0.05) is 24.5 Å². The van der Waals surface area contributed by atoms with Gasteiger partial charge in [0.25, 0.3) is 0 Å². The van der Waals surface area contributed by atoms with Gasteiger partial charge in [0.2, 0.25) is 21.1 Å². The largest absolute Gasteiger partial charge is 0.330 e. The number of carbonyl (C=O) groups is 1. The van der Waals surface area contributed by atoms with Crippen LogP contribution in [-0.2, 0) is 14.8 Å². The number of para-hydroxylation sites is 1. The van der Waals surface area contributed by atoms with E-state index in [9.17, 15) is 13.2 Å². The molecule has 3 aromatic rings. The fourth-order valence-corrected chi connectivity index (χ4v) is 6.52. The topological polar surface area (TPSA) is 104 Å². The van der Waals surface area contributed by atoms with E-state index in [2.05, 4.69) is 20.8 Å². The van der Waals surface area contributed by atoms with Gasteiger partial charge in [-0.05, 0) is 55.7 Å². The summed E-state index contributed by atoms with van der Waals surface area (Å²) in [5.74, 6) is -0.0254. The van der Waals surface area contributed by atoms with Gasteiger partial charge in [0.1, 0.15) is 0 Å². The number of hydrogen-bond donors (Lipinski definition) is 2. The summed E-state index contributed by atoms with van der Waals surface area (Å²) >= 11 is 2.68. The van der Waals surface area contributed by atoms with Gasteiger partial charge in [0.15, 0.2) is 4.34 Å². The van der Waals surface area contributed by atoms with E-state index in [4.69, 9.17) is 0 Å². The number of thioether (sulfide) groups is 1. The van der Waals surface area contributed by atoms with Gasteiger partial charge in [-0.3, -0.25) is 4.79 Å². The highest BCUT2D eigenvalue weighted by Crippen LogP contribution is 2.29. The van der Waals surface area contributed by atoms with Crippen molar-refractivity contribution < 1.29 is 13.2 Å². The quantitative estimate of drug-likeness (QED) is 0.436. The number of piperidine rings is 1. The molecule has 4 rings (SSSR count). The molecule has 0 aliphatic carbocycles. The molecule has 0 spiro atoms. The summed E-state index contributed by atoms with van der Waals surface area (Å²) in [7, 11) is -3.48. The summed E-state index contributed by atoms with van der Waals surface area (Å²) in [5.41, 5.74) is 2.63. The molecule has 0 saturated carbocycles. The number of hydrogen-bond acceptors (Lipinski definition) is 8. The van der Waals surface area contributed by atoms with Crippen LogP contribution in [0.1, 0.15) is 24.8 Å². The molecule has 2 N–H and O–H groups in total. The number of benzene rings is 2. The summed E-state index contributed by atoms with van der Waals surface area (Å²) in [6.07, 6.45) is 2.85. The van der Waals surface area contributed by atoms with Crippen molar-refractivity contribution in [3.05, 3.63) is 54.1 Å². The van der Waals surface area contributed by atoms with E-state index in [0.717, 1.165) is 30.5 Å². The van der Waals surface area contributed by atoms with Crippen LogP contribution in [0, 0.1) is 6.92 Å². The van der Waals surface area contributed by atoms with Crippen LogP contribution in [0.15, 0.2) is 57.8 Å². The summed E-state index contributed by atoms with van der Waals surface area (Å²) in [6, 6.07) is 14.2. The summed E-state index contributed by atoms with van der Waals surface area (Å²) in [5, 5.41) is 15.0. The van der Waals surface area contributed by atoms with Crippen molar-refractivity contribution >= 4 is 55.5 Å². The zero-order valence-corrected chi connectivity index (χ0v) is 20.6. The van der Waals surface area contributed by atoms with Gasteiger partial charge >= 0.3 is 0 Å². The number of anilines is 3. The van der Waals surface area contributed by atoms with Gasteiger partial charge in [-0.15, -0.1) is 10.2 Å². The monoisotopic (exact) mass is 503 g/mol. The molecular weight excluding hydrogens is 478 g/mol. The number of rotatable bonds is 8. The average molecular weight is 504 g/mol. The molecule has 0 atom stereocenters. The molecule has 1 aromatic heterocycles. The Morgan fingerprint density at radius 3 is 2.52 bits per heavy atom. The Morgan fingerprint density at radius 2 is 1.79 bits per heavy atom. The van der Waals surface area contributed by atoms with E-state index in [0.29, 0.717) is 28.2 Å². The van der Waals surface area contributed by atoms with Crippen molar-refractivity contribution in [1.82, 2.24) is 14.5 Å². The lowest BCUT2D eigenvalue weighted by Gasteiger charge is -2.25. The molecule has 0 unspecified atom stereocenters. The molecule has 33 heavy (non-hydrogen) atoms. The van der Waals surface area contributed by atoms with Crippen LogP contribution in [0.2, 0.25) is 0 Å². The van der Waals surface area contributed by atoms with Crippen LogP contribution in [-0.4, -0.2) is 47.7 Å². The third kappa shape index (κ3) is 6.11. The SMILES string of the molecule is Cc1ccccc1Nc1nnc(SCC(=O)Nc2ccc(S(=O)(=O)N3CCCCC3)cc2)s1. The highest BCUT2D eigenvalue weighted by molar-refractivity contribution is 8.01. The fraction of sp³-hybridized carbons (Fsp3) is 0.318. The lowest BCUT2D eigenvalue weighted by Crippen LogP contribution is -2.35. The second kappa shape index (κ2) is 10.6. The fourth-order valence-electron chi connectivity index (χ4n) is 3.44. The highest BCUT2D eigenvalue weighted by atomic mass is 32.2. The zero-order valence-electron chi connectivity index (χ0n) is 18.2. The second-order valence-electron chi connectivity index (χ2n) is 7.64. The minimum Gasteiger partial charge on any atom is -0.330 e. The van der Waals surface area contributed by atoms with Gasteiger partial charge in [0.05, 0.1) is 10.6 Å². The van der Waals surface area contributed by atoms with Crippen molar-refractivity contribution in [2.24, 2.45) is 0 Å². The van der Waals surface area contributed by atoms with Crippen LogP contribution in [0.4, 0.5) is 16.5 Å². The summed E-state index contributed by atoms with van der Waals surface area (Å²) in [4.78, 5) is 12.6. The number of nitrogens with zero attached hydrogens (tertiary/aromatic N) is 3. The maximum absolute atomic E-state index is 12.7. The molecule has 0 radical (unpaired) electrons. The molecule has 2 heterocycles. The molecule has 1 amide bonds. The summed E-state index contributed by atoms with van der Waals surface area (Å²) in [6.45, 7) is 3.14. The lowest BCUT2D eigenvalue weighted by molar-refractivity contribution is -0.113. The van der Waals surface area contributed by atoms with Crippen LogP contribution >= 0.6 is 23.1 Å². The Hall–Kier alpha value is -2.47. The molecule has 2 aromatic carbocycles. The molecule has 174 valence electrons. The zero-order chi connectivity index (χ0) is 23.3. The number of aromatic nitrogens is 2. The molecule has 8 nitrogen and oxygen atoms in total. The van der Waals surface area contributed by atoms with Crippen molar-refractivity contribution in [3.63, 3.8) is 0 Å². The van der Waals surface area contributed by atoms with Gasteiger partial charge in [-0.1, -0.05) is 47.7 Å². The molecule has 1 aliphatic heterocycles. The van der Waals surface area contributed by atoms with Crippen molar-refractivity contribution in [1.29, 1.82) is 0 Å². The third-order valence-corrected chi connectivity index (χ3v) is 9.10. The van der Waals surface area contributed by atoms with Crippen LogP contribution < -0.4 is 10.6 Å². The predicted octanol–water partition coefficient (Wildman–Crippen LogP) is 4.50. The first kappa shape index (κ1) is 23.7. The van der Waals surface area contributed by atoms with E-state index < -0.39 is 10.0 Å². The molecule has 0 bridgehead atoms. The minimum absolute atomic E-state index is 0.173. The van der Waals surface area contributed by atoms with Crippen LogP contribution in [0.5, 0.6) is 0 Å². The number of sulfonamides is 1. The average Bonchev–Trinajstić information content (AvgIpc) is 3.27. The molecule has 1 fully saturated rings. The second-order valence-corrected chi connectivity index (χ2v) is 11.8. The van der Waals surface area contributed by atoms with Gasteiger partial charge in [-0.2, -0.15) is 4.31 Å². The number of amides is 1. The first-order chi connectivity index (χ1) is 15.9. The molecule has 1 saturated heterocycles. The van der Waals surface area contributed by atoms with E-state index in [-0.39, 0.29) is 16.6 Å². The third-order valence-electron chi connectivity index (χ3n) is 5.21. The minimum atomic E-state index is -3.48. The van der Waals surface area contributed by atoms with Crippen LogP contribution in [0.25, 0.3) is 0 Å². The predicted molar refractivity (Wildman–Crippen MR) is 133 cm³/mol. The summed E-state index contributed by atoms with van der Waals surface area (Å²) < 4.78 is 27.7. The van der Waals surface area contributed by atoms with Gasteiger partial charge < -0.3 is 10.6 Å². The standard InChI is InChI=1S/C22H25N5O3S3/c1-16-7-3-4-8-19(16)24-21-25-26-22(32-21)31-15-20(28)23-17-9-11-18(12-10-17)33(29,30)27-13-5-2-6-14-27/h3-4,7-12H,2,5-6,13-15H2,1H3,(H,23,28)(H,24,25). The van der Waals surface area contributed by atoms with Crippen molar-refractivity contribution in [3.8, 4) is 0 Å². The van der Waals surface area contributed by atoms with Gasteiger partial charge in [-0.25, -0.2) is 8.42 Å². The Labute approximate surface area is 201 Å². The first-order valence-electron chi connectivity index (χ1n) is 10.6. The highest BCUT2D eigenvalue weighted by Gasteiger charge is 2.25. The molecule has 1 aliphatic rings. The maximum Gasteiger partial charge on any atom is 0.243 e. The number of carbonyl (C=O) groups excluding carboxylic acids is 1. The number of aryl methyl sites for hydroxylation is 1. The van der Waals surface area contributed by atoms with Crippen molar-refractivity contribution in [2.45, 2.75) is 35.4 Å². The number of nitrogens with one attached hydrogen (secondary N) is 2. The smallest absolute Gasteiger partial charge is 0.243 e. The van der Waals surface area contributed by atoms with E-state index in [1.54, 1.807) is 24.3 Å². The first-order valence-corrected chi connectivity index (χ1v) is 13.8. The lowest BCUT2D eigenvalue weighted by atomic mass is 10.2. The van der Waals surface area contributed by atoms with Crippen LogP contribution in [0.3, 0.4) is 0 Å². The Balaban J connectivity index is 1.29. The van der Waals surface area contributed by atoms with E-state index >= 15 is 0 Å². The molecular formula is C22H25N5O3S3. The van der Waals surface area contributed by atoms with E-state index in [1.165, 1.54) is 27.4 Å². The van der Waals surface area contributed by atoms with Crippen molar-refractivity contribution in [2.75, 3.05) is 29.5 Å².